The highest BCUT2D eigenvalue weighted by Gasteiger charge is 2.29. The second-order valence-electron chi connectivity index (χ2n) is 5.35. The highest BCUT2D eigenvalue weighted by Crippen LogP contribution is 2.20. The summed E-state index contributed by atoms with van der Waals surface area (Å²) in [6, 6.07) is 0.277. The van der Waals surface area contributed by atoms with E-state index in [1.54, 1.807) is 4.68 Å². The van der Waals surface area contributed by atoms with Gasteiger partial charge in [-0.15, -0.1) is 5.10 Å². The van der Waals surface area contributed by atoms with E-state index in [1.165, 1.54) is 32.1 Å². The molecular weight excluding hydrogens is 246 g/mol. The molecule has 7 heteroatoms. The van der Waals surface area contributed by atoms with Gasteiger partial charge in [-0.1, -0.05) is 5.21 Å². The SMILES string of the molecule is O=C(O)c1cn(C2CN(CCN3CCCC3)C2)nn1. The number of carboxylic acids is 1. The number of hydrogen-bond acceptors (Lipinski definition) is 5. The Kier molecular flexibility index (Phi) is 3.48. The first-order chi connectivity index (χ1) is 9.22. The molecular formula is C12H19N5O2. The van der Waals surface area contributed by atoms with Gasteiger partial charge in [-0.25, -0.2) is 9.48 Å². The minimum Gasteiger partial charge on any atom is -0.476 e. The fraction of sp³-hybridized carbons (Fsp3) is 0.750. The number of likely N-dealkylation sites (tertiary alicyclic amines) is 2. The van der Waals surface area contributed by atoms with Crippen LogP contribution < -0.4 is 0 Å². The highest BCUT2D eigenvalue weighted by molar-refractivity contribution is 5.84. The van der Waals surface area contributed by atoms with Gasteiger partial charge in [-0.3, -0.25) is 4.90 Å². The van der Waals surface area contributed by atoms with E-state index in [-0.39, 0.29) is 11.7 Å². The summed E-state index contributed by atoms with van der Waals surface area (Å²) in [7, 11) is 0. The molecule has 104 valence electrons. The molecule has 0 amide bonds. The fourth-order valence-corrected chi connectivity index (χ4v) is 2.73. The lowest BCUT2D eigenvalue weighted by molar-refractivity contribution is 0.0689. The number of aromatic nitrogens is 3. The Morgan fingerprint density at radius 1 is 1.26 bits per heavy atom. The average molecular weight is 265 g/mol. The molecule has 2 aliphatic heterocycles. The van der Waals surface area contributed by atoms with Crippen LogP contribution in [0.3, 0.4) is 0 Å². The van der Waals surface area contributed by atoms with Crippen molar-refractivity contribution in [2.45, 2.75) is 18.9 Å². The summed E-state index contributed by atoms with van der Waals surface area (Å²) in [5.41, 5.74) is 0.0236. The molecule has 3 rings (SSSR count). The third kappa shape index (κ3) is 2.76. The predicted molar refractivity (Wildman–Crippen MR) is 68.1 cm³/mol. The van der Waals surface area contributed by atoms with Crippen molar-refractivity contribution < 1.29 is 9.90 Å². The van der Waals surface area contributed by atoms with Gasteiger partial charge in [0.1, 0.15) is 0 Å². The van der Waals surface area contributed by atoms with Crippen molar-refractivity contribution >= 4 is 5.97 Å². The fourth-order valence-electron chi connectivity index (χ4n) is 2.73. The lowest BCUT2D eigenvalue weighted by Gasteiger charge is -2.39. The molecule has 0 saturated carbocycles. The Morgan fingerprint density at radius 3 is 2.58 bits per heavy atom. The zero-order valence-electron chi connectivity index (χ0n) is 10.9. The Bertz CT molecular complexity index is 449. The van der Waals surface area contributed by atoms with Crippen LogP contribution in [0.25, 0.3) is 0 Å². The van der Waals surface area contributed by atoms with E-state index in [0.717, 1.165) is 26.2 Å². The van der Waals surface area contributed by atoms with Crippen molar-refractivity contribution in [2.24, 2.45) is 0 Å². The van der Waals surface area contributed by atoms with Crippen LogP contribution in [-0.2, 0) is 0 Å². The van der Waals surface area contributed by atoms with Gasteiger partial charge in [0.05, 0.1) is 12.2 Å². The van der Waals surface area contributed by atoms with Crippen LogP contribution in [0.2, 0.25) is 0 Å². The van der Waals surface area contributed by atoms with Crippen molar-refractivity contribution in [3.8, 4) is 0 Å². The standard InChI is InChI=1S/C12H19N5O2/c18-12(19)11-9-17(14-13-11)10-7-16(8-10)6-5-15-3-1-2-4-15/h9-10H,1-8H2,(H,18,19). The first kappa shape index (κ1) is 12.6. The Balaban J connectivity index is 1.42. The van der Waals surface area contributed by atoms with Gasteiger partial charge in [0, 0.05) is 26.2 Å². The van der Waals surface area contributed by atoms with Crippen LogP contribution in [0, 0.1) is 0 Å². The molecule has 1 aromatic heterocycles. The van der Waals surface area contributed by atoms with Gasteiger partial charge in [0.25, 0.3) is 0 Å². The van der Waals surface area contributed by atoms with Gasteiger partial charge in [-0.2, -0.15) is 0 Å². The molecule has 3 heterocycles. The molecule has 0 spiro atoms. The molecule has 1 N–H and O–H groups in total. The zero-order valence-corrected chi connectivity index (χ0v) is 10.9. The molecule has 0 radical (unpaired) electrons. The molecule has 2 fully saturated rings. The van der Waals surface area contributed by atoms with Crippen molar-refractivity contribution in [3.63, 3.8) is 0 Å². The van der Waals surface area contributed by atoms with Gasteiger partial charge in [0.2, 0.25) is 0 Å². The van der Waals surface area contributed by atoms with Crippen molar-refractivity contribution in [1.82, 2.24) is 24.8 Å². The normalized spacial score (nSPS) is 21.7. The molecule has 2 aliphatic rings. The molecule has 7 nitrogen and oxygen atoms in total. The van der Waals surface area contributed by atoms with Crippen LogP contribution in [0.4, 0.5) is 0 Å². The maximum Gasteiger partial charge on any atom is 0.358 e. The summed E-state index contributed by atoms with van der Waals surface area (Å²) < 4.78 is 1.68. The van der Waals surface area contributed by atoms with Gasteiger partial charge >= 0.3 is 5.97 Å². The van der Waals surface area contributed by atoms with Crippen molar-refractivity contribution in [2.75, 3.05) is 39.3 Å². The lowest BCUT2D eigenvalue weighted by Crippen LogP contribution is -2.50. The second-order valence-corrected chi connectivity index (χ2v) is 5.35. The van der Waals surface area contributed by atoms with Gasteiger partial charge in [0.15, 0.2) is 5.69 Å². The molecule has 0 atom stereocenters. The maximum absolute atomic E-state index is 10.7. The Morgan fingerprint density at radius 2 is 1.95 bits per heavy atom. The van der Waals surface area contributed by atoms with Gasteiger partial charge < -0.3 is 10.0 Å². The number of rotatable bonds is 5. The van der Waals surface area contributed by atoms with Gasteiger partial charge in [-0.05, 0) is 25.9 Å². The predicted octanol–water partition coefficient (Wildman–Crippen LogP) is -0.0712. The summed E-state index contributed by atoms with van der Waals surface area (Å²) in [6.07, 6.45) is 4.18. The number of nitrogens with zero attached hydrogens (tertiary/aromatic N) is 5. The minimum atomic E-state index is -1.02. The molecule has 0 bridgehead atoms. The third-order valence-electron chi connectivity index (χ3n) is 3.97. The summed E-state index contributed by atoms with van der Waals surface area (Å²) in [4.78, 5) is 15.6. The van der Waals surface area contributed by atoms with Crippen LogP contribution in [0.5, 0.6) is 0 Å². The lowest BCUT2D eigenvalue weighted by atomic mass is 10.1. The van der Waals surface area contributed by atoms with E-state index in [0.29, 0.717) is 0 Å². The van der Waals surface area contributed by atoms with E-state index in [9.17, 15) is 4.79 Å². The maximum atomic E-state index is 10.7. The first-order valence-corrected chi connectivity index (χ1v) is 6.82. The number of carbonyl (C=O) groups is 1. The van der Waals surface area contributed by atoms with E-state index in [1.807, 2.05) is 0 Å². The highest BCUT2D eigenvalue weighted by atomic mass is 16.4. The quantitative estimate of drug-likeness (QED) is 0.803. The first-order valence-electron chi connectivity index (χ1n) is 6.82. The van der Waals surface area contributed by atoms with E-state index >= 15 is 0 Å². The molecule has 0 unspecified atom stereocenters. The number of aromatic carboxylic acids is 1. The van der Waals surface area contributed by atoms with Crippen LogP contribution in [0.1, 0.15) is 29.4 Å². The van der Waals surface area contributed by atoms with Crippen LogP contribution in [0.15, 0.2) is 6.20 Å². The topological polar surface area (TPSA) is 74.5 Å². The Labute approximate surface area is 111 Å². The van der Waals surface area contributed by atoms with Crippen LogP contribution in [-0.4, -0.2) is 75.1 Å². The molecule has 2 saturated heterocycles. The number of hydrogen-bond donors (Lipinski definition) is 1. The van der Waals surface area contributed by atoms with Crippen molar-refractivity contribution in [3.05, 3.63) is 11.9 Å². The van der Waals surface area contributed by atoms with Crippen LogP contribution >= 0.6 is 0 Å². The molecule has 19 heavy (non-hydrogen) atoms. The monoisotopic (exact) mass is 265 g/mol. The van der Waals surface area contributed by atoms with E-state index in [2.05, 4.69) is 20.1 Å². The molecule has 0 aliphatic carbocycles. The van der Waals surface area contributed by atoms with Crippen molar-refractivity contribution in [1.29, 1.82) is 0 Å². The van der Waals surface area contributed by atoms with E-state index in [4.69, 9.17) is 5.11 Å². The number of carboxylic acid groups (broad SMARTS) is 1. The molecule has 0 aromatic carbocycles. The Hall–Kier alpha value is -1.47. The van der Waals surface area contributed by atoms with E-state index < -0.39 is 5.97 Å². The summed E-state index contributed by atoms with van der Waals surface area (Å²) in [6.45, 7) is 6.60. The second kappa shape index (κ2) is 5.26. The summed E-state index contributed by atoms with van der Waals surface area (Å²) in [5, 5.41) is 16.3. The summed E-state index contributed by atoms with van der Waals surface area (Å²) in [5.74, 6) is -1.02. The zero-order chi connectivity index (χ0) is 13.2. The average Bonchev–Trinajstić information content (AvgIpc) is 2.96. The largest absolute Gasteiger partial charge is 0.476 e. The smallest absolute Gasteiger partial charge is 0.358 e. The third-order valence-corrected chi connectivity index (χ3v) is 3.97. The molecule has 1 aromatic rings. The minimum absolute atomic E-state index is 0.0236. The summed E-state index contributed by atoms with van der Waals surface area (Å²) >= 11 is 0.